The van der Waals surface area contributed by atoms with Crippen LogP contribution in [0.1, 0.15) is 6.92 Å². The van der Waals surface area contributed by atoms with E-state index in [1.165, 1.54) is 17.4 Å². The van der Waals surface area contributed by atoms with Crippen molar-refractivity contribution in [1.82, 2.24) is 15.3 Å². The number of amides is 1. The van der Waals surface area contributed by atoms with Gasteiger partial charge >= 0.3 is 0 Å². The molecule has 0 saturated carbocycles. The highest BCUT2D eigenvalue weighted by atomic mass is 35.5. The van der Waals surface area contributed by atoms with Crippen LogP contribution in [-0.2, 0) is 4.79 Å². The van der Waals surface area contributed by atoms with Gasteiger partial charge < -0.3 is 20.0 Å². The van der Waals surface area contributed by atoms with Gasteiger partial charge in [0.05, 0.1) is 18.5 Å². The summed E-state index contributed by atoms with van der Waals surface area (Å²) in [6, 6.07) is 1.72. The number of hydrogen-bond donors (Lipinski definition) is 2. The third-order valence-electron chi connectivity index (χ3n) is 3.53. The summed E-state index contributed by atoms with van der Waals surface area (Å²) in [4.78, 5) is 23.4. The molecule has 26 heavy (non-hydrogen) atoms. The van der Waals surface area contributed by atoms with Crippen LogP contribution in [0.4, 0.5) is 23.0 Å². The zero-order chi connectivity index (χ0) is 18.9. The van der Waals surface area contributed by atoms with Gasteiger partial charge in [0.2, 0.25) is 11.7 Å². The summed E-state index contributed by atoms with van der Waals surface area (Å²) in [6.45, 7) is 4.36. The molecule has 0 fully saturated rings. The van der Waals surface area contributed by atoms with Gasteiger partial charge in [-0.3, -0.25) is 9.69 Å². The van der Waals surface area contributed by atoms with Gasteiger partial charge in [-0.1, -0.05) is 12.8 Å². The molecule has 0 aliphatic heterocycles. The highest BCUT2D eigenvalue weighted by Crippen LogP contribution is 2.35. The van der Waals surface area contributed by atoms with Crippen molar-refractivity contribution >= 4 is 41.0 Å². The number of terminal acetylenes is 1. The van der Waals surface area contributed by atoms with Crippen LogP contribution < -0.4 is 20.4 Å². The number of halogens is 1. The van der Waals surface area contributed by atoms with E-state index in [0.717, 1.165) is 13.1 Å². The highest BCUT2D eigenvalue weighted by Gasteiger charge is 2.22. The largest absolute Gasteiger partial charge is 0.470 e. The molecule has 0 radical (unpaired) electrons. The number of furan rings is 1. The first-order valence-electron chi connectivity index (χ1n) is 8.04. The molecule has 1 amide bonds. The zero-order valence-corrected chi connectivity index (χ0v) is 15.5. The quantitative estimate of drug-likeness (QED) is 0.284. The van der Waals surface area contributed by atoms with E-state index in [4.69, 9.17) is 22.4 Å². The fourth-order valence-corrected chi connectivity index (χ4v) is 2.47. The van der Waals surface area contributed by atoms with Gasteiger partial charge in [-0.25, -0.2) is 0 Å². The number of anilines is 4. The van der Waals surface area contributed by atoms with Crippen LogP contribution >= 0.6 is 11.6 Å². The number of likely N-dealkylation sites (N-methyl/N-ethyl adjacent to an activating group) is 2. The summed E-state index contributed by atoms with van der Waals surface area (Å²) in [7, 11) is 1.86. The summed E-state index contributed by atoms with van der Waals surface area (Å²) in [5.41, 5.74) is 1.11. The van der Waals surface area contributed by atoms with E-state index in [1.807, 2.05) is 18.9 Å². The number of hydrogen-bond acceptors (Lipinski definition) is 7. The second-order valence-electron chi connectivity index (χ2n) is 5.36. The predicted octanol–water partition coefficient (Wildman–Crippen LogP) is 2.11. The number of aromatic nitrogens is 2. The molecule has 2 rings (SSSR count). The van der Waals surface area contributed by atoms with Crippen LogP contribution in [0.3, 0.4) is 0 Å². The Morgan fingerprint density at radius 3 is 2.88 bits per heavy atom. The van der Waals surface area contributed by atoms with Gasteiger partial charge in [0, 0.05) is 20.1 Å². The molecular formula is C17H21ClN6O2. The first-order chi connectivity index (χ1) is 12.6. The van der Waals surface area contributed by atoms with E-state index in [9.17, 15) is 4.79 Å². The van der Waals surface area contributed by atoms with Crippen molar-refractivity contribution in [2.75, 3.05) is 48.3 Å². The fourth-order valence-electron chi connectivity index (χ4n) is 2.30. The van der Waals surface area contributed by atoms with Crippen LogP contribution in [0.25, 0.3) is 0 Å². The molecule has 8 nitrogen and oxygen atoms in total. The average molecular weight is 377 g/mol. The molecular weight excluding hydrogens is 356 g/mol. The number of nitrogens with zero attached hydrogens (tertiary/aromatic N) is 4. The second kappa shape index (κ2) is 9.65. The number of carbonyl (C=O) groups is 1. The first-order valence-corrected chi connectivity index (χ1v) is 8.42. The summed E-state index contributed by atoms with van der Waals surface area (Å²) < 4.78 is 5.06. The van der Waals surface area contributed by atoms with Crippen molar-refractivity contribution in [3.8, 4) is 12.3 Å². The number of nitrogens with one attached hydrogen (secondary N) is 2. The highest BCUT2D eigenvalue weighted by molar-refractivity contribution is 6.28. The molecule has 0 aliphatic rings. The zero-order valence-electron chi connectivity index (χ0n) is 14.7. The van der Waals surface area contributed by atoms with Gasteiger partial charge in [0.25, 0.3) is 0 Å². The Labute approximate surface area is 157 Å². The van der Waals surface area contributed by atoms with Gasteiger partial charge in [0.1, 0.15) is 12.0 Å². The van der Waals surface area contributed by atoms with Gasteiger partial charge in [-0.05, 0) is 24.2 Å². The summed E-state index contributed by atoms with van der Waals surface area (Å²) in [5, 5.41) is 6.38. The molecule has 2 heterocycles. The molecule has 138 valence electrons. The van der Waals surface area contributed by atoms with Crippen LogP contribution in [0.2, 0.25) is 5.28 Å². The van der Waals surface area contributed by atoms with Crippen molar-refractivity contribution in [1.29, 1.82) is 0 Å². The van der Waals surface area contributed by atoms with Crippen LogP contribution in [0.15, 0.2) is 23.0 Å². The normalized spacial score (nSPS) is 10.2. The molecule has 0 aliphatic carbocycles. The van der Waals surface area contributed by atoms with E-state index in [1.54, 1.807) is 6.07 Å². The predicted molar refractivity (Wildman–Crippen MR) is 103 cm³/mol. The molecule has 0 unspecified atom stereocenters. The Balaban J connectivity index is 2.48. The molecule has 9 heteroatoms. The summed E-state index contributed by atoms with van der Waals surface area (Å²) in [5.74, 6) is 3.32. The minimum Gasteiger partial charge on any atom is -0.470 e. The van der Waals surface area contributed by atoms with E-state index in [-0.39, 0.29) is 11.8 Å². The first kappa shape index (κ1) is 19.6. The molecule has 0 atom stereocenters. The van der Waals surface area contributed by atoms with E-state index >= 15 is 0 Å². The van der Waals surface area contributed by atoms with Gasteiger partial charge in [0.15, 0.2) is 11.6 Å². The average Bonchev–Trinajstić information content (AvgIpc) is 3.13. The maximum Gasteiger partial charge on any atom is 0.226 e. The fraction of sp³-hybridized carbons (Fsp3) is 0.353. The maximum absolute atomic E-state index is 11.6. The van der Waals surface area contributed by atoms with Crippen LogP contribution in [0.5, 0.6) is 0 Å². The Bertz CT molecular complexity index is 759. The number of rotatable bonds is 10. The SMILES string of the molecule is C#CCN(C=O)c1c(Nc2ccoc2)nc(Cl)nc1N(C)CCNCC. The van der Waals surface area contributed by atoms with Gasteiger partial charge in [-0.15, -0.1) is 6.42 Å². The monoisotopic (exact) mass is 376 g/mol. The molecule has 2 aromatic rings. The van der Waals surface area contributed by atoms with Crippen molar-refractivity contribution in [3.05, 3.63) is 23.9 Å². The Morgan fingerprint density at radius 2 is 2.27 bits per heavy atom. The molecule has 0 spiro atoms. The molecule has 0 aromatic carbocycles. The molecule has 0 bridgehead atoms. The second-order valence-corrected chi connectivity index (χ2v) is 5.70. The lowest BCUT2D eigenvalue weighted by atomic mass is 10.3. The smallest absolute Gasteiger partial charge is 0.226 e. The molecule has 2 N–H and O–H groups in total. The standard InChI is InChI=1S/C17H21ClN6O2/c1-4-8-24(12-25)14-15(20-13-6-10-26-11-13)21-17(18)22-16(14)23(3)9-7-19-5-2/h1,6,10-12,19H,5,7-9H2,2-3H3,(H,20,21,22). The topological polar surface area (TPSA) is 86.5 Å². The summed E-state index contributed by atoms with van der Waals surface area (Å²) >= 11 is 6.12. The van der Waals surface area contributed by atoms with Crippen LogP contribution in [0, 0.1) is 12.3 Å². The molecule has 2 aromatic heterocycles. The Hall–Kier alpha value is -2.76. The summed E-state index contributed by atoms with van der Waals surface area (Å²) in [6.07, 6.45) is 9.09. The van der Waals surface area contributed by atoms with E-state index in [0.29, 0.717) is 36.0 Å². The molecule has 0 saturated heterocycles. The van der Waals surface area contributed by atoms with Crippen molar-refractivity contribution in [2.24, 2.45) is 0 Å². The third-order valence-corrected chi connectivity index (χ3v) is 3.70. The lowest BCUT2D eigenvalue weighted by molar-refractivity contribution is -0.107. The lowest BCUT2D eigenvalue weighted by Gasteiger charge is -2.26. The van der Waals surface area contributed by atoms with E-state index in [2.05, 4.69) is 26.5 Å². The van der Waals surface area contributed by atoms with Crippen molar-refractivity contribution < 1.29 is 9.21 Å². The Morgan fingerprint density at radius 1 is 1.46 bits per heavy atom. The maximum atomic E-state index is 11.6. The minimum atomic E-state index is 0.0524. The van der Waals surface area contributed by atoms with Gasteiger partial charge in [-0.2, -0.15) is 9.97 Å². The van der Waals surface area contributed by atoms with Crippen molar-refractivity contribution in [3.63, 3.8) is 0 Å². The van der Waals surface area contributed by atoms with Crippen molar-refractivity contribution in [2.45, 2.75) is 6.92 Å². The minimum absolute atomic E-state index is 0.0524. The number of carbonyl (C=O) groups excluding carboxylic acids is 1. The third kappa shape index (κ3) is 4.88. The lowest BCUT2D eigenvalue weighted by Crippen LogP contribution is -2.32. The Kier molecular flexibility index (Phi) is 7.26. The van der Waals surface area contributed by atoms with Crippen LogP contribution in [-0.4, -0.2) is 49.6 Å². The van der Waals surface area contributed by atoms with E-state index < -0.39 is 0 Å².